The molecule has 0 spiro atoms. The molecule has 5 rings (SSSR count). The lowest BCUT2D eigenvalue weighted by Crippen LogP contribution is -2.52. The van der Waals surface area contributed by atoms with Gasteiger partial charge in [0.05, 0.1) is 29.8 Å². The molecule has 0 bridgehead atoms. The van der Waals surface area contributed by atoms with Gasteiger partial charge in [0.25, 0.3) is 11.8 Å². The summed E-state index contributed by atoms with van der Waals surface area (Å²) < 4.78 is 49.3. The molecular weight excluding hydrogens is 596 g/mol. The van der Waals surface area contributed by atoms with Crippen LogP contribution in [0.4, 0.5) is 13.6 Å². The van der Waals surface area contributed by atoms with Gasteiger partial charge in [0.15, 0.2) is 11.4 Å². The summed E-state index contributed by atoms with van der Waals surface area (Å²) in [5.74, 6) is -2.99. The molecule has 2 aromatic carbocycles. The lowest BCUT2D eigenvalue weighted by Gasteiger charge is -2.39. The molecule has 12 heteroatoms. The number of rotatable bonds is 10. The number of carbonyl (C=O) groups is 2. The number of fused-ring (bicyclic) bond motifs is 1. The van der Waals surface area contributed by atoms with Crippen LogP contribution in [0.15, 0.2) is 42.6 Å². The lowest BCUT2D eigenvalue weighted by atomic mass is 9.80. The minimum Gasteiger partial charge on any atom is -0.480 e. The lowest BCUT2D eigenvalue weighted by molar-refractivity contribution is -0.000224. The number of benzene rings is 2. The molecule has 2 atom stereocenters. The van der Waals surface area contributed by atoms with Crippen molar-refractivity contribution in [3.05, 3.63) is 75.9 Å². The average Bonchev–Trinajstić information content (AvgIpc) is 3.68. The van der Waals surface area contributed by atoms with Gasteiger partial charge < -0.3 is 29.5 Å². The van der Waals surface area contributed by atoms with E-state index in [-0.39, 0.29) is 42.1 Å². The van der Waals surface area contributed by atoms with Gasteiger partial charge in [0, 0.05) is 49.0 Å². The van der Waals surface area contributed by atoms with Gasteiger partial charge >= 0.3 is 6.09 Å². The van der Waals surface area contributed by atoms with Gasteiger partial charge in [-0.15, -0.1) is 0 Å². The molecule has 2 aliphatic heterocycles. The summed E-state index contributed by atoms with van der Waals surface area (Å²) in [5.41, 5.74) is -0.719. The number of aromatic nitrogens is 1. The molecule has 9 nitrogen and oxygen atoms in total. The largest absolute Gasteiger partial charge is 0.480 e. The zero-order valence-electron chi connectivity index (χ0n) is 24.5. The number of carbonyl (C=O) groups excluding carboxylic acids is 2. The number of pyridine rings is 1. The third kappa shape index (κ3) is 5.66. The average molecular weight is 630 g/mol. The van der Waals surface area contributed by atoms with Crippen LogP contribution in [-0.2, 0) is 16.8 Å². The van der Waals surface area contributed by atoms with Crippen molar-refractivity contribution in [2.75, 3.05) is 33.4 Å². The molecule has 1 aromatic heterocycles. The first kappa shape index (κ1) is 31.5. The van der Waals surface area contributed by atoms with E-state index in [1.165, 1.54) is 7.05 Å². The van der Waals surface area contributed by atoms with Crippen molar-refractivity contribution < 1.29 is 37.7 Å². The molecule has 3 heterocycles. The van der Waals surface area contributed by atoms with E-state index in [4.69, 9.17) is 25.8 Å². The van der Waals surface area contributed by atoms with Crippen LogP contribution in [-0.4, -0.2) is 66.4 Å². The molecule has 0 aliphatic carbocycles. The molecule has 0 unspecified atom stereocenters. The van der Waals surface area contributed by atoms with Crippen LogP contribution in [0.25, 0.3) is 11.1 Å². The van der Waals surface area contributed by atoms with Gasteiger partial charge in [0.2, 0.25) is 0 Å². The summed E-state index contributed by atoms with van der Waals surface area (Å²) in [5, 5.41) is 11.3. The fourth-order valence-corrected chi connectivity index (χ4v) is 6.31. The third-order valence-electron chi connectivity index (χ3n) is 8.07. The van der Waals surface area contributed by atoms with E-state index in [0.29, 0.717) is 24.9 Å². The van der Waals surface area contributed by atoms with Gasteiger partial charge in [-0.1, -0.05) is 55.3 Å². The van der Waals surface area contributed by atoms with Gasteiger partial charge in [-0.05, 0) is 24.8 Å². The maximum absolute atomic E-state index is 16.2. The second-order valence-corrected chi connectivity index (χ2v) is 11.1. The smallest absolute Gasteiger partial charge is 0.410 e. The molecular formula is C32H34ClF2N3O6. The number of aliphatic hydroxyl groups excluding tert-OH is 1. The normalized spacial score (nSPS) is 19.0. The van der Waals surface area contributed by atoms with Crippen LogP contribution in [0.2, 0.25) is 5.02 Å². The summed E-state index contributed by atoms with van der Waals surface area (Å²) >= 11 is 6.59. The van der Waals surface area contributed by atoms with Crippen molar-refractivity contribution in [3.8, 4) is 22.8 Å². The Morgan fingerprint density at radius 2 is 2.00 bits per heavy atom. The molecule has 1 fully saturated rings. The number of amides is 2. The maximum atomic E-state index is 16.2. The van der Waals surface area contributed by atoms with Crippen LogP contribution in [0.5, 0.6) is 11.6 Å². The second-order valence-electron chi connectivity index (χ2n) is 10.7. The number of nitrogens with zero attached hydrogens (tertiary/aromatic N) is 2. The molecule has 2 amide bonds. The SMILES string of the molecule is CCCCOC(=O)N1CCC[C@H]1[C@@]1(c2ccccc2)Cc2c(cc(F)c(Cl)c2-c2c(C(=O)NC)cnc(OCCO)c2F)O1. The first-order valence-corrected chi connectivity index (χ1v) is 15.0. The van der Waals surface area contributed by atoms with Crippen LogP contribution < -0.4 is 14.8 Å². The van der Waals surface area contributed by atoms with Crippen LogP contribution >= 0.6 is 11.6 Å². The predicted octanol–water partition coefficient (Wildman–Crippen LogP) is 5.64. The van der Waals surface area contributed by atoms with Crippen molar-refractivity contribution in [1.82, 2.24) is 15.2 Å². The van der Waals surface area contributed by atoms with Crippen LogP contribution in [0, 0.1) is 11.6 Å². The molecule has 0 saturated carbocycles. The number of unbranched alkanes of at least 4 members (excludes halogenated alkanes) is 1. The highest BCUT2D eigenvalue weighted by Gasteiger charge is 2.54. The van der Waals surface area contributed by atoms with Crippen LogP contribution in [0.1, 0.15) is 54.1 Å². The monoisotopic (exact) mass is 629 g/mol. The van der Waals surface area contributed by atoms with Crippen molar-refractivity contribution in [2.45, 2.75) is 50.7 Å². The Hall–Kier alpha value is -3.96. The van der Waals surface area contributed by atoms with E-state index in [1.54, 1.807) is 4.90 Å². The standard InChI is InChI=1S/C32H34ClF2N3O6/c1-3-4-14-43-31(41)38-12-8-11-24(38)32(19-9-6-5-7-10-19)17-20-23(44-32)16-22(34)27(33)25(20)26-21(29(40)36-2)18-37-30(28(26)35)42-15-13-39/h5-7,9-10,16,18,24,39H,3-4,8,11-15,17H2,1-2H3,(H,36,40)/t24-,32-/m0/s1. The van der Waals surface area contributed by atoms with E-state index in [9.17, 15) is 14.7 Å². The summed E-state index contributed by atoms with van der Waals surface area (Å²) in [6, 6.07) is 9.90. The van der Waals surface area contributed by atoms with E-state index < -0.39 is 52.8 Å². The van der Waals surface area contributed by atoms with E-state index in [0.717, 1.165) is 30.7 Å². The number of halogens is 3. The highest BCUT2D eigenvalue weighted by molar-refractivity contribution is 6.34. The number of aliphatic hydroxyl groups is 1. The van der Waals surface area contributed by atoms with E-state index in [1.807, 2.05) is 37.3 Å². The Morgan fingerprint density at radius 1 is 1.23 bits per heavy atom. The Bertz CT molecular complexity index is 1540. The first-order valence-electron chi connectivity index (χ1n) is 14.6. The fourth-order valence-electron chi connectivity index (χ4n) is 6.04. The number of hydrogen-bond acceptors (Lipinski definition) is 7. The van der Waals surface area contributed by atoms with E-state index >= 15 is 8.78 Å². The maximum Gasteiger partial charge on any atom is 0.410 e. The first-order chi connectivity index (χ1) is 21.3. The molecule has 1 saturated heterocycles. The number of ether oxygens (including phenoxy) is 3. The highest BCUT2D eigenvalue weighted by atomic mass is 35.5. The molecule has 2 N–H and O–H groups in total. The highest BCUT2D eigenvalue weighted by Crippen LogP contribution is 2.53. The van der Waals surface area contributed by atoms with Gasteiger partial charge in [0.1, 0.15) is 18.2 Å². The Balaban J connectivity index is 1.69. The zero-order chi connectivity index (χ0) is 31.4. The van der Waals surface area contributed by atoms with Gasteiger partial charge in [-0.25, -0.2) is 18.6 Å². The van der Waals surface area contributed by atoms with E-state index in [2.05, 4.69) is 10.3 Å². The molecule has 3 aromatic rings. The Kier molecular flexibility index (Phi) is 9.55. The second kappa shape index (κ2) is 13.4. The Labute approximate surface area is 259 Å². The van der Waals surface area contributed by atoms with Gasteiger partial charge in [-0.2, -0.15) is 0 Å². The summed E-state index contributed by atoms with van der Waals surface area (Å²) in [6.07, 6.45) is 3.59. The summed E-state index contributed by atoms with van der Waals surface area (Å²) in [6.45, 7) is 2.06. The number of nitrogens with one attached hydrogen (secondary N) is 1. The van der Waals surface area contributed by atoms with Gasteiger partial charge in [-0.3, -0.25) is 4.79 Å². The topological polar surface area (TPSA) is 110 Å². The zero-order valence-corrected chi connectivity index (χ0v) is 25.3. The van der Waals surface area contributed by atoms with Crippen LogP contribution in [0.3, 0.4) is 0 Å². The molecule has 44 heavy (non-hydrogen) atoms. The molecule has 0 radical (unpaired) electrons. The third-order valence-corrected chi connectivity index (χ3v) is 8.44. The minimum absolute atomic E-state index is 0.0763. The minimum atomic E-state index is -1.21. The number of likely N-dealkylation sites (tertiary alicyclic amines) is 1. The fraction of sp³-hybridized carbons (Fsp3) is 0.406. The summed E-state index contributed by atoms with van der Waals surface area (Å²) in [7, 11) is 1.37. The van der Waals surface area contributed by atoms with Crippen molar-refractivity contribution in [1.29, 1.82) is 0 Å². The Morgan fingerprint density at radius 3 is 2.70 bits per heavy atom. The quantitative estimate of drug-likeness (QED) is 0.279. The number of hydrogen-bond donors (Lipinski definition) is 2. The summed E-state index contributed by atoms with van der Waals surface area (Å²) in [4.78, 5) is 31.8. The predicted molar refractivity (Wildman–Crippen MR) is 159 cm³/mol. The van der Waals surface area contributed by atoms with Crippen molar-refractivity contribution >= 4 is 23.6 Å². The van der Waals surface area contributed by atoms with Crippen molar-refractivity contribution in [3.63, 3.8) is 0 Å². The van der Waals surface area contributed by atoms with Crippen molar-refractivity contribution in [2.24, 2.45) is 0 Å². The molecule has 234 valence electrons. The molecule has 2 aliphatic rings.